The molecule has 3 rings (SSSR count). The molecule has 126 valence electrons. The number of carboxylic acid groups (broad SMARTS) is 1. The molecule has 0 spiro atoms. The van der Waals surface area contributed by atoms with Crippen LogP contribution < -0.4 is 19.3 Å². The molecule has 1 heterocycles. The third-order valence-corrected chi connectivity index (χ3v) is 3.66. The molecule has 0 saturated carbocycles. The molecular formula is C19H14NO5-. The van der Waals surface area contributed by atoms with Crippen LogP contribution in [0.5, 0.6) is 17.2 Å². The number of rotatable bonds is 5. The quantitative estimate of drug-likeness (QED) is 0.614. The Bertz CT molecular complexity index is 878. The van der Waals surface area contributed by atoms with Gasteiger partial charge in [0, 0.05) is 11.6 Å². The summed E-state index contributed by atoms with van der Waals surface area (Å²) in [6, 6.07) is 11.5. The van der Waals surface area contributed by atoms with Crippen LogP contribution in [0.3, 0.4) is 0 Å². The highest BCUT2D eigenvalue weighted by Crippen LogP contribution is 2.39. The van der Waals surface area contributed by atoms with Crippen molar-refractivity contribution < 1.29 is 24.1 Å². The van der Waals surface area contributed by atoms with E-state index in [2.05, 4.69) is 6.07 Å². The normalized spacial score (nSPS) is 12.6. The molecule has 0 unspecified atom stereocenters. The molecule has 0 aromatic heterocycles. The standard InChI is InChI=1S/C19H15NO5/c1-2-23-16-9-18-17(24-11-25-18)8-14(16)7-15(10-20)12-3-5-13(6-4-12)19(21)22/h3-9H,2,11H2,1H3,(H,21,22)/p-1/b15-7+. The average Bonchev–Trinajstić information content (AvgIpc) is 3.07. The first-order valence-corrected chi connectivity index (χ1v) is 7.62. The van der Waals surface area contributed by atoms with E-state index in [9.17, 15) is 15.2 Å². The summed E-state index contributed by atoms with van der Waals surface area (Å²) >= 11 is 0. The molecule has 0 radical (unpaired) electrons. The van der Waals surface area contributed by atoms with Gasteiger partial charge in [0.25, 0.3) is 0 Å². The van der Waals surface area contributed by atoms with Crippen molar-refractivity contribution in [3.63, 3.8) is 0 Å². The van der Waals surface area contributed by atoms with Crippen LogP contribution in [0, 0.1) is 11.3 Å². The number of nitriles is 1. The van der Waals surface area contributed by atoms with Crippen molar-refractivity contribution in [3.8, 4) is 23.3 Å². The zero-order chi connectivity index (χ0) is 17.8. The van der Waals surface area contributed by atoms with Crippen molar-refractivity contribution in [1.29, 1.82) is 5.26 Å². The van der Waals surface area contributed by atoms with Gasteiger partial charge in [-0.2, -0.15) is 5.26 Å². The van der Waals surface area contributed by atoms with Crippen LogP contribution in [0.25, 0.3) is 11.6 Å². The second-order valence-corrected chi connectivity index (χ2v) is 5.21. The van der Waals surface area contributed by atoms with Gasteiger partial charge >= 0.3 is 0 Å². The number of allylic oxidation sites excluding steroid dienone is 1. The number of aromatic carboxylic acids is 1. The predicted octanol–water partition coefficient (Wildman–Crippen LogP) is 2.24. The molecule has 1 aliphatic rings. The van der Waals surface area contributed by atoms with Crippen molar-refractivity contribution in [2.45, 2.75) is 6.92 Å². The zero-order valence-corrected chi connectivity index (χ0v) is 13.4. The number of benzene rings is 2. The number of carboxylic acids is 1. The highest BCUT2D eigenvalue weighted by Gasteiger charge is 2.17. The lowest BCUT2D eigenvalue weighted by molar-refractivity contribution is -0.255. The fourth-order valence-electron chi connectivity index (χ4n) is 2.45. The maximum absolute atomic E-state index is 10.8. The van der Waals surface area contributed by atoms with Gasteiger partial charge < -0.3 is 24.1 Å². The van der Waals surface area contributed by atoms with E-state index in [1.807, 2.05) is 6.92 Å². The van der Waals surface area contributed by atoms with Crippen molar-refractivity contribution in [3.05, 3.63) is 53.1 Å². The Labute approximate surface area is 144 Å². The van der Waals surface area contributed by atoms with Crippen LogP contribution in [-0.2, 0) is 0 Å². The molecule has 6 nitrogen and oxygen atoms in total. The fraction of sp³-hybridized carbons (Fsp3) is 0.158. The maximum Gasteiger partial charge on any atom is 0.231 e. The third kappa shape index (κ3) is 3.40. The highest BCUT2D eigenvalue weighted by atomic mass is 16.7. The van der Waals surface area contributed by atoms with Gasteiger partial charge in [0.05, 0.1) is 24.2 Å². The molecule has 0 saturated heterocycles. The Morgan fingerprint density at radius 1 is 1.24 bits per heavy atom. The molecule has 0 bridgehead atoms. The largest absolute Gasteiger partial charge is 0.545 e. The van der Waals surface area contributed by atoms with Gasteiger partial charge in [0.15, 0.2) is 11.5 Å². The number of nitrogens with zero attached hydrogens (tertiary/aromatic N) is 1. The first-order chi connectivity index (χ1) is 12.1. The van der Waals surface area contributed by atoms with Crippen LogP contribution in [0.1, 0.15) is 28.4 Å². The zero-order valence-electron chi connectivity index (χ0n) is 13.4. The minimum Gasteiger partial charge on any atom is -0.545 e. The van der Waals surface area contributed by atoms with E-state index < -0.39 is 5.97 Å². The first kappa shape index (κ1) is 16.4. The fourth-order valence-corrected chi connectivity index (χ4v) is 2.45. The van der Waals surface area contributed by atoms with E-state index in [-0.39, 0.29) is 12.4 Å². The summed E-state index contributed by atoms with van der Waals surface area (Å²) in [4.78, 5) is 10.8. The molecule has 0 atom stereocenters. The lowest BCUT2D eigenvalue weighted by Crippen LogP contribution is -2.21. The van der Waals surface area contributed by atoms with Gasteiger partial charge in [-0.05, 0) is 30.2 Å². The van der Waals surface area contributed by atoms with E-state index in [0.717, 1.165) is 0 Å². The van der Waals surface area contributed by atoms with Crippen molar-refractivity contribution in [2.75, 3.05) is 13.4 Å². The Morgan fingerprint density at radius 2 is 1.88 bits per heavy atom. The summed E-state index contributed by atoms with van der Waals surface area (Å²) in [7, 11) is 0. The second kappa shape index (κ2) is 6.97. The van der Waals surface area contributed by atoms with Crippen LogP contribution in [-0.4, -0.2) is 19.4 Å². The van der Waals surface area contributed by atoms with Crippen molar-refractivity contribution in [2.24, 2.45) is 0 Å². The monoisotopic (exact) mass is 336 g/mol. The molecular weight excluding hydrogens is 322 g/mol. The molecule has 0 N–H and O–H groups in total. The van der Waals surface area contributed by atoms with E-state index in [4.69, 9.17) is 14.2 Å². The molecule has 6 heteroatoms. The number of fused-ring (bicyclic) bond motifs is 1. The molecule has 0 aliphatic carbocycles. The average molecular weight is 336 g/mol. The Balaban J connectivity index is 2.02. The molecule has 0 fully saturated rings. The smallest absolute Gasteiger partial charge is 0.231 e. The number of carbonyl (C=O) groups is 1. The van der Waals surface area contributed by atoms with Gasteiger partial charge in [0.1, 0.15) is 5.75 Å². The number of carbonyl (C=O) groups excluding carboxylic acids is 1. The minimum atomic E-state index is -1.26. The SMILES string of the molecule is CCOc1cc2c(cc1/C=C(\C#N)c1ccc(C(=O)[O-])cc1)OCO2. The number of hydrogen-bond acceptors (Lipinski definition) is 6. The molecule has 0 amide bonds. The van der Waals surface area contributed by atoms with Crippen molar-refractivity contribution in [1.82, 2.24) is 0 Å². The van der Waals surface area contributed by atoms with E-state index in [0.29, 0.717) is 40.6 Å². The maximum atomic E-state index is 10.8. The van der Waals surface area contributed by atoms with Crippen molar-refractivity contribution >= 4 is 17.6 Å². The van der Waals surface area contributed by atoms with Gasteiger partial charge in [-0.3, -0.25) is 0 Å². The molecule has 25 heavy (non-hydrogen) atoms. The Hall–Kier alpha value is -3.46. The van der Waals surface area contributed by atoms with Gasteiger partial charge in [-0.1, -0.05) is 24.3 Å². The molecule has 2 aromatic carbocycles. The summed E-state index contributed by atoms with van der Waals surface area (Å²) in [6.07, 6.45) is 1.67. The van der Waals surface area contributed by atoms with E-state index >= 15 is 0 Å². The summed E-state index contributed by atoms with van der Waals surface area (Å²) in [6.45, 7) is 2.47. The predicted molar refractivity (Wildman–Crippen MR) is 88.0 cm³/mol. The van der Waals surface area contributed by atoms with E-state index in [1.54, 1.807) is 30.3 Å². The Morgan fingerprint density at radius 3 is 2.48 bits per heavy atom. The topological polar surface area (TPSA) is 91.6 Å². The van der Waals surface area contributed by atoms with Gasteiger partial charge in [0.2, 0.25) is 6.79 Å². The summed E-state index contributed by atoms with van der Waals surface area (Å²) in [5.74, 6) is 0.492. The lowest BCUT2D eigenvalue weighted by atomic mass is 10.0. The number of hydrogen-bond donors (Lipinski definition) is 0. The molecule has 1 aliphatic heterocycles. The summed E-state index contributed by atoms with van der Waals surface area (Å²) < 4.78 is 16.3. The highest BCUT2D eigenvalue weighted by molar-refractivity contribution is 5.92. The van der Waals surface area contributed by atoms with Gasteiger partial charge in [-0.25, -0.2) is 0 Å². The van der Waals surface area contributed by atoms with Crippen LogP contribution in [0.4, 0.5) is 0 Å². The summed E-state index contributed by atoms with van der Waals surface area (Å²) in [5.41, 5.74) is 1.68. The Kier molecular flexibility index (Phi) is 4.57. The van der Waals surface area contributed by atoms with Crippen LogP contribution >= 0.6 is 0 Å². The van der Waals surface area contributed by atoms with Crippen LogP contribution in [0.15, 0.2) is 36.4 Å². The molecule has 2 aromatic rings. The first-order valence-electron chi connectivity index (χ1n) is 7.62. The second-order valence-electron chi connectivity index (χ2n) is 5.21. The van der Waals surface area contributed by atoms with E-state index in [1.165, 1.54) is 12.1 Å². The third-order valence-electron chi connectivity index (χ3n) is 3.66. The lowest BCUT2D eigenvalue weighted by Gasteiger charge is -2.10. The van der Waals surface area contributed by atoms with Gasteiger partial charge in [-0.15, -0.1) is 0 Å². The summed E-state index contributed by atoms with van der Waals surface area (Å²) in [5, 5.41) is 20.3. The minimum absolute atomic E-state index is 0.0547. The van der Waals surface area contributed by atoms with Crippen LogP contribution in [0.2, 0.25) is 0 Å². The number of ether oxygens (including phenoxy) is 3.